The highest BCUT2D eigenvalue weighted by Crippen LogP contribution is 2.67. The smallest absolute Gasteiger partial charge is 0.407 e. The lowest BCUT2D eigenvalue weighted by molar-refractivity contribution is -0.138. The zero-order valence-corrected chi connectivity index (χ0v) is 26.5. The predicted molar refractivity (Wildman–Crippen MR) is 162 cm³/mol. The monoisotopic (exact) mass is 571 g/mol. The highest BCUT2D eigenvalue weighted by Gasteiger charge is 2.59. The lowest BCUT2D eigenvalue weighted by Crippen LogP contribution is -2.51. The second kappa shape index (κ2) is 13.6. The number of carbonyl (C=O) groups excluding carboxylic acids is 2. The quantitative estimate of drug-likeness (QED) is 0.171. The van der Waals surface area contributed by atoms with Gasteiger partial charge in [-0.3, -0.25) is 9.59 Å². The summed E-state index contributed by atoms with van der Waals surface area (Å²) in [6.45, 7) is 12.8. The number of carboxylic acid groups (broad SMARTS) is 1. The normalized spacial score (nSPS) is 35.1. The van der Waals surface area contributed by atoms with Gasteiger partial charge in [0.1, 0.15) is 11.9 Å². The summed E-state index contributed by atoms with van der Waals surface area (Å²) in [7, 11) is 0. The van der Waals surface area contributed by atoms with Crippen molar-refractivity contribution in [2.24, 2.45) is 46.3 Å². The van der Waals surface area contributed by atoms with E-state index in [1.807, 2.05) is 0 Å². The Balaban J connectivity index is 1.27. The molecule has 1 amide bonds. The molecule has 6 heteroatoms. The molecule has 0 saturated heterocycles. The molecular weight excluding hydrogens is 514 g/mol. The molecule has 0 spiro atoms. The van der Waals surface area contributed by atoms with E-state index in [4.69, 9.17) is 9.84 Å². The topological polar surface area (TPSA) is 92.7 Å². The summed E-state index contributed by atoms with van der Waals surface area (Å²) in [6, 6.07) is 0. The average Bonchev–Trinajstić information content (AvgIpc) is 3.27. The molecule has 4 rings (SSSR count). The summed E-state index contributed by atoms with van der Waals surface area (Å²) < 4.78 is 5.83. The van der Waals surface area contributed by atoms with Crippen LogP contribution in [0.5, 0.6) is 0 Å². The Kier molecular flexibility index (Phi) is 10.7. The average molecular weight is 572 g/mol. The van der Waals surface area contributed by atoms with E-state index in [-0.39, 0.29) is 36.6 Å². The summed E-state index contributed by atoms with van der Waals surface area (Å²) in [4.78, 5) is 34.8. The second-order valence-electron chi connectivity index (χ2n) is 15.0. The molecule has 3 saturated carbocycles. The van der Waals surface area contributed by atoms with Crippen molar-refractivity contribution in [1.29, 1.82) is 0 Å². The number of carboxylic acids is 1. The van der Waals surface area contributed by atoms with Crippen LogP contribution in [0.2, 0.25) is 0 Å². The Hall–Kier alpha value is -1.85. The van der Waals surface area contributed by atoms with Crippen LogP contribution in [0, 0.1) is 46.3 Å². The Morgan fingerprint density at radius 3 is 2.49 bits per heavy atom. The van der Waals surface area contributed by atoms with Gasteiger partial charge in [-0.1, -0.05) is 65.5 Å². The summed E-state index contributed by atoms with van der Waals surface area (Å²) >= 11 is 0. The molecule has 4 aliphatic carbocycles. The third-order valence-electron chi connectivity index (χ3n) is 12.1. The van der Waals surface area contributed by atoms with Crippen molar-refractivity contribution in [3.8, 4) is 0 Å². The van der Waals surface area contributed by atoms with Crippen molar-refractivity contribution in [3.05, 3.63) is 11.6 Å². The van der Waals surface area contributed by atoms with E-state index >= 15 is 0 Å². The number of hydrogen-bond acceptors (Lipinski definition) is 4. The second-order valence-corrected chi connectivity index (χ2v) is 15.0. The van der Waals surface area contributed by atoms with Gasteiger partial charge in [-0.25, -0.2) is 4.79 Å². The van der Waals surface area contributed by atoms with Gasteiger partial charge >= 0.3 is 12.1 Å². The van der Waals surface area contributed by atoms with Crippen molar-refractivity contribution in [1.82, 2.24) is 5.32 Å². The Labute approximate surface area is 248 Å². The Morgan fingerprint density at radius 1 is 0.976 bits per heavy atom. The molecule has 0 radical (unpaired) electrons. The molecule has 232 valence electrons. The summed E-state index contributed by atoms with van der Waals surface area (Å²) in [5, 5.41) is 11.5. The number of Topliss-reactive ketones (excluding diaryl/α,β-unsaturated/α-hetero) is 1. The van der Waals surface area contributed by atoms with Crippen LogP contribution in [-0.2, 0) is 14.3 Å². The van der Waals surface area contributed by atoms with Crippen molar-refractivity contribution >= 4 is 17.8 Å². The number of fused-ring (bicyclic) bond motifs is 5. The summed E-state index contributed by atoms with van der Waals surface area (Å²) in [5.74, 6) is 3.89. The zero-order chi connectivity index (χ0) is 29.8. The van der Waals surface area contributed by atoms with Crippen molar-refractivity contribution in [3.63, 3.8) is 0 Å². The molecule has 0 aromatic rings. The van der Waals surface area contributed by atoms with Gasteiger partial charge in [0, 0.05) is 25.8 Å². The number of rotatable bonds is 13. The Bertz CT molecular complexity index is 974. The molecular formula is C35H57NO5. The van der Waals surface area contributed by atoms with Crippen molar-refractivity contribution < 1.29 is 24.2 Å². The minimum absolute atomic E-state index is 0.0513. The standard InChI is InChI=1S/C35H57NO5/c1-23(2)8-6-9-24(3)29-14-15-30-28-13-11-25-22-27(17-19-34(25,4)31(28)18-20-35(29,30)5)41-33(40)36-21-7-10-26(37)12-16-32(38)39/h11,23-24,27-31H,6-10,12-22H2,1-5H3,(H,36,40)(H,38,39)/t24-,27+,28+,29-,30+,31+,34+,35-/m1/s1. The third kappa shape index (κ3) is 7.39. The maximum atomic E-state index is 12.5. The predicted octanol–water partition coefficient (Wildman–Crippen LogP) is 8.34. The van der Waals surface area contributed by atoms with E-state index in [1.54, 1.807) is 0 Å². The number of alkyl carbamates (subject to hydrolysis) is 1. The zero-order valence-electron chi connectivity index (χ0n) is 26.5. The van der Waals surface area contributed by atoms with Gasteiger partial charge < -0.3 is 15.2 Å². The van der Waals surface area contributed by atoms with Crippen LogP contribution in [0.1, 0.15) is 131 Å². The number of amides is 1. The first-order valence-electron chi connectivity index (χ1n) is 16.8. The van der Waals surface area contributed by atoms with Crippen LogP contribution in [0.15, 0.2) is 11.6 Å². The number of hydrogen-bond donors (Lipinski definition) is 2. The molecule has 0 bridgehead atoms. The largest absolute Gasteiger partial charge is 0.481 e. The highest BCUT2D eigenvalue weighted by atomic mass is 16.6. The first kappa shape index (κ1) is 32.1. The van der Waals surface area contributed by atoms with Crippen LogP contribution in [0.3, 0.4) is 0 Å². The molecule has 3 fully saturated rings. The molecule has 0 heterocycles. The minimum atomic E-state index is -0.959. The first-order chi connectivity index (χ1) is 19.4. The van der Waals surface area contributed by atoms with Crippen LogP contribution < -0.4 is 5.32 Å². The minimum Gasteiger partial charge on any atom is -0.481 e. The van der Waals surface area contributed by atoms with Gasteiger partial charge in [-0.05, 0) is 97.7 Å². The number of allylic oxidation sites excluding steroid dienone is 1. The number of aliphatic carboxylic acids is 1. The fraction of sp³-hybridized carbons (Fsp3) is 0.857. The highest BCUT2D eigenvalue weighted by molar-refractivity contribution is 5.82. The van der Waals surface area contributed by atoms with E-state index in [1.165, 1.54) is 56.9 Å². The van der Waals surface area contributed by atoms with Gasteiger partial charge in [0.2, 0.25) is 0 Å². The molecule has 41 heavy (non-hydrogen) atoms. The summed E-state index contributed by atoms with van der Waals surface area (Å²) in [6.07, 6.45) is 16.5. The Morgan fingerprint density at radius 2 is 1.76 bits per heavy atom. The number of carbonyl (C=O) groups is 3. The van der Waals surface area contributed by atoms with E-state index in [0.717, 1.165) is 54.8 Å². The maximum Gasteiger partial charge on any atom is 0.407 e. The van der Waals surface area contributed by atoms with E-state index < -0.39 is 12.1 Å². The fourth-order valence-electron chi connectivity index (χ4n) is 9.79. The number of nitrogens with one attached hydrogen (secondary N) is 1. The van der Waals surface area contributed by atoms with Crippen molar-refractivity contribution in [2.45, 2.75) is 137 Å². The third-order valence-corrected chi connectivity index (χ3v) is 12.1. The number of ketones is 1. The van der Waals surface area contributed by atoms with E-state index in [9.17, 15) is 14.4 Å². The summed E-state index contributed by atoms with van der Waals surface area (Å²) in [5.41, 5.74) is 2.25. The number of ether oxygens (including phenoxy) is 1. The fourth-order valence-corrected chi connectivity index (χ4v) is 9.79. The molecule has 6 nitrogen and oxygen atoms in total. The molecule has 8 atom stereocenters. The van der Waals surface area contributed by atoms with Crippen LogP contribution in [0.25, 0.3) is 0 Å². The van der Waals surface area contributed by atoms with Gasteiger partial charge in [0.15, 0.2) is 0 Å². The lowest BCUT2D eigenvalue weighted by Gasteiger charge is -2.58. The molecule has 0 aliphatic heterocycles. The molecule has 2 N–H and O–H groups in total. The van der Waals surface area contributed by atoms with Crippen LogP contribution in [0.4, 0.5) is 4.79 Å². The first-order valence-corrected chi connectivity index (χ1v) is 16.8. The van der Waals surface area contributed by atoms with Crippen LogP contribution >= 0.6 is 0 Å². The lowest BCUT2D eigenvalue weighted by atomic mass is 9.47. The van der Waals surface area contributed by atoms with Crippen molar-refractivity contribution in [2.75, 3.05) is 6.54 Å². The van der Waals surface area contributed by atoms with Gasteiger partial charge in [0.05, 0.1) is 6.42 Å². The molecule has 0 aromatic heterocycles. The van der Waals surface area contributed by atoms with Gasteiger partial charge in [-0.15, -0.1) is 0 Å². The van der Waals surface area contributed by atoms with Gasteiger partial charge in [-0.2, -0.15) is 0 Å². The SMILES string of the molecule is CC(C)CCC[C@@H](C)[C@H]1CC[C@H]2[C@@H]3CC=C4C[C@@H](OC(=O)NCCCC(=O)CCC(=O)O)CC[C@]4(C)[C@H]3CC[C@]12C. The maximum absolute atomic E-state index is 12.5. The molecule has 0 aromatic carbocycles. The van der Waals surface area contributed by atoms with E-state index in [2.05, 4.69) is 46.0 Å². The molecule has 0 unspecified atom stereocenters. The van der Waals surface area contributed by atoms with Crippen LogP contribution in [-0.4, -0.2) is 35.6 Å². The van der Waals surface area contributed by atoms with E-state index in [0.29, 0.717) is 18.4 Å². The van der Waals surface area contributed by atoms with Gasteiger partial charge in [0.25, 0.3) is 0 Å². The molecule has 4 aliphatic rings.